The van der Waals surface area contributed by atoms with Crippen LogP contribution in [0.15, 0.2) is 72.1 Å². The molecule has 0 aliphatic rings. The number of hydrazine groups is 1. The number of amides is 1. The van der Waals surface area contributed by atoms with E-state index in [2.05, 4.69) is 5.43 Å². The number of anilines is 2. The molecule has 1 amide bonds. The molecule has 0 aliphatic heterocycles. The molecule has 0 spiro atoms. The van der Waals surface area contributed by atoms with Gasteiger partial charge in [0.2, 0.25) is 0 Å². The minimum absolute atomic E-state index is 0.0900. The van der Waals surface area contributed by atoms with Crippen LogP contribution in [0.2, 0.25) is 0 Å². The van der Waals surface area contributed by atoms with E-state index in [1.807, 2.05) is 6.07 Å². The topological polar surface area (TPSA) is 75.5 Å². The maximum Gasteiger partial charge on any atom is 0.294 e. The van der Waals surface area contributed by atoms with E-state index in [4.69, 9.17) is 0 Å². The molecule has 0 saturated carbocycles. The van der Waals surface area contributed by atoms with Gasteiger partial charge in [-0.05, 0) is 29.6 Å². The first-order valence-corrected chi connectivity index (χ1v) is 7.98. The lowest BCUT2D eigenvalue weighted by Crippen LogP contribution is -2.38. The Bertz CT molecular complexity index is 851. The quantitative estimate of drug-likeness (QED) is 0.560. The number of hydrogen-bond acceptors (Lipinski definition) is 5. The number of nitro groups is 1. The van der Waals surface area contributed by atoms with E-state index in [0.29, 0.717) is 16.3 Å². The Balaban J connectivity index is 2.03. The van der Waals surface area contributed by atoms with Crippen LogP contribution in [0.4, 0.5) is 17.1 Å². The van der Waals surface area contributed by atoms with Crippen LogP contribution in [0.5, 0.6) is 0 Å². The largest absolute Gasteiger partial charge is 0.294 e. The molecule has 0 radical (unpaired) electrons. The maximum absolute atomic E-state index is 12.4. The summed E-state index contributed by atoms with van der Waals surface area (Å²) in [5, 5.41) is 14.6. The van der Waals surface area contributed by atoms with Gasteiger partial charge in [0, 0.05) is 6.07 Å². The van der Waals surface area contributed by atoms with Crippen LogP contribution in [0, 0.1) is 10.1 Å². The predicted molar refractivity (Wildman–Crippen MR) is 93.5 cm³/mol. The van der Waals surface area contributed by atoms with Crippen LogP contribution in [-0.2, 0) is 0 Å². The molecule has 0 atom stereocenters. The Morgan fingerprint density at radius 1 is 1.00 bits per heavy atom. The van der Waals surface area contributed by atoms with Gasteiger partial charge in [0.05, 0.1) is 15.5 Å². The van der Waals surface area contributed by atoms with Gasteiger partial charge in [-0.15, -0.1) is 11.3 Å². The third-order valence-corrected chi connectivity index (χ3v) is 4.16. The third-order valence-electron chi connectivity index (χ3n) is 3.29. The van der Waals surface area contributed by atoms with E-state index >= 15 is 0 Å². The fourth-order valence-corrected chi connectivity index (χ4v) is 2.83. The summed E-state index contributed by atoms with van der Waals surface area (Å²) in [5.41, 5.74) is 3.57. The second-order valence-corrected chi connectivity index (χ2v) is 5.78. The molecule has 2 aromatic carbocycles. The van der Waals surface area contributed by atoms with Crippen molar-refractivity contribution in [2.24, 2.45) is 0 Å². The summed E-state index contributed by atoms with van der Waals surface area (Å²) in [6.45, 7) is 0. The maximum atomic E-state index is 12.4. The second kappa shape index (κ2) is 6.93. The highest BCUT2D eigenvalue weighted by molar-refractivity contribution is 7.12. The number of nitrogens with one attached hydrogen (secondary N) is 1. The Labute approximate surface area is 142 Å². The predicted octanol–water partition coefficient (Wildman–Crippen LogP) is 4.14. The van der Waals surface area contributed by atoms with Crippen LogP contribution in [0.1, 0.15) is 9.67 Å². The summed E-state index contributed by atoms with van der Waals surface area (Å²) in [4.78, 5) is 23.8. The van der Waals surface area contributed by atoms with Crippen molar-refractivity contribution >= 4 is 34.3 Å². The van der Waals surface area contributed by atoms with E-state index in [1.165, 1.54) is 22.4 Å². The fourth-order valence-electron chi connectivity index (χ4n) is 2.21. The lowest BCUT2D eigenvalue weighted by Gasteiger charge is -2.24. The standard InChI is InChI=1S/C17H13N3O3S/c21-17(16-11-6-12-24-16)18-19(13-7-2-1-3-8-13)14-9-4-5-10-15(14)20(22)23/h1-12H,(H,18,21). The van der Waals surface area contributed by atoms with Crippen molar-refractivity contribution in [3.05, 3.63) is 87.1 Å². The van der Waals surface area contributed by atoms with Gasteiger partial charge >= 0.3 is 0 Å². The number of carbonyl (C=O) groups is 1. The van der Waals surface area contributed by atoms with E-state index in [0.717, 1.165) is 0 Å². The summed E-state index contributed by atoms with van der Waals surface area (Å²) in [7, 11) is 0. The molecule has 0 aliphatic carbocycles. The molecule has 3 aromatic rings. The second-order valence-electron chi connectivity index (χ2n) is 4.84. The van der Waals surface area contributed by atoms with Gasteiger partial charge in [0.15, 0.2) is 0 Å². The van der Waals surface area contributed by atoms with E-state index in [1.54, 1.807) is 60.0 Å². The Morgan fingerprint density at radius 3 is 2.38 bits per heavy atom. The summed E-state index contributed by atoms with van der Waals surface area (Å²) in [6, 6.07) is 18.7. The van der Waals surface area contributed by atoms with Crippen molar-refractivity contribution < 1.29 is 9.72 Å². The number of nitro benzene ring substituents is 1. The van der Waals surface area contributed by atoms with Gasteiger partial charge in [0.25, 0.3) is 11.6 Å². The normalized spacial score (nSPS) is 10.2. The zero-order valence-corrected chi connectivity index (χ0v) is 13.3. The molecular formula is C17H13N3O3S. The van der Waals surface area contributed by atoms with Gasteiger partial charge in [-0.1, -0.05) is 36.4 Å². The molecule has 120 valence electrons. The van der Waals surface area contributed by atoms with Gasteiger partial charge in [0.1, 0.15) is 5.69 Å². The van der Waals surface area contributed by atoms with Crippen LogP contribution < -0.4 is 10.4 Å². The van der Waals surface area contributed by atoms with Crippen LogP contribution in [0.3, 0.4) is 0 Å². The van der Waals surface area contributed by atoms with Crippen molar-refractivity contribution in [3.8, 4) is 0 Å². The first kappa shape index (κ1) is 15.7. The van der Waals surface area contributed by atoms with Crippen molar-refractivity contribution in [1.29, 1.82) is 0 Å². The smallest absolute Gasteiger partial charge is 0.266 e. The molecule has 0 bridgehead atoms. The summed E-state index contributed by atoms with van der Waals surface area (Å²) in [5.74, 6) is -0.327. The van der Waals surface area contributed by atoms with Crippen LogP contribution >= 0.6 is 11.3 Å². The van der Waals surface area contributed by atoms with Crippen molar-refractivity contribution in [2.75, 3.05) is 5.01 Å². The number of benzene rings is 2. The van der Waals surface area contributed by atoms with Gasteiger partial charge in [-0.3, -0.25) is 20.3 Å². The molecule has 24 heavy (non-hydrogen) atoms. The highest BCUT2D eigenvalue weighted by atomic mass is 32.1. The number of para-hydroxylation sites is 3. The monoisotopic (exact) mass is 339 g/mol. The Hall–Kier alpha value is -3.19. The highest BCUT2D eigenvalue weighted by Gasteiger charge is 2.22. The molecule has 7 heteroatoms. The molecule has 0 saturated heterocycles. The first-order valence-electron chi connectivity index (χ1n) is 7.10. The van der Waals surface area contributed by atoms with E-state index < -0.39 is 4.92 Å². The molecule has 3 rings (SSSR count). The van der Waals surface area contributed by atoms with Crippen LogP contribution in [-0.4, -0.2) is 10.8 Å². The molecular weight excluding hydrogens is 326 g/mol. The summed E-state index contributed by atoms with van der Waals surface area (Å²) >= 11 is 1.30. The average molecular weight is 339 g/mol. The van der Waals surface area contributed by atoms with Crippen molar-refractivity contribution in [1.82, 2.24) is 5.43 Å². The van der Waals surface area contributed by atoms with E-state index in [9.17, 15) is 14.9 Å². The first-order chi connectivity index (χ1) is 11.7. The minimum Gasteiger partial charge on any atom is -0.266 e. The number of carbonyl (C=O) groups excluding carboxylic acids is 1. The number of rotatable bonds is 5. The van der Waals surface area contributed by atoms with Gasteiger partial charge in [-0.2, -0.15) is 0 Å². The highest BCUT2D eigenvalue weighted by Crippen LogP contribution is 2.32. The van der Waals surface area contributed by atoms with Crippen molar-refractivity contribution in [3.63, 3.8) is 0 Å². The lowest BCUT2D eigenvalue weighted by molar-refractivity contribution is -0.384. The van der Waals surface area contributed by atoms with Gasteiger partial charge in [-0.25, -0.2) is 5.01 Å². The molecule has 6 nitrogen and oxygen atoms in total. The third kappa shape index (κ3) is 3.26. The number of hydrogen-bond donors (Lipinski definition) is 1. The summed E-state index contributed by atoms with van der Waals surface area (Å²) < 4.78 is 0. The van der Waals surface area contributed by atoms with Gasteiger partial charge < -0.3 is 0 Å². The zero-order chi connectivity index (χ0) is 16.9. The minimum atomic E-state index is -0.470. The fraction of sp³-hybridized carbons (Fsp3) is 0. The van der Waals surface area contributed by atoms with Crippen molar-refractivity contribution in [2.45, 2.75) is 0 Å². The zero-order valence-electron chi connectivity index (χ0n) is 12.5. The lowest BCUT2D eigenvalue weighted by atomic mass is 10.2. The molecule has 0 fully saturated rings. The molecule has 0 unspecified atom stereocenters. The summed E-state index contributed by atoms with van der Waals surface area (Å²) in [6.07, 6.45) is 0. The number of nitrogens with zero attached hydrogens (tertiary/aromatic N) is 2. The van der Waals surface area contributed by atoms with E-state index in [-0.39, 0.29) is 11.6 Å². The number of thiophene rings is 1. The average Bonchev–Trinajstić information content (AvgIpc) is 3.15. The Morgan fingerprint density at radius 2 is 1.71 bits per heavy atom. The molecule has 1 aromatic heterocycles. The molecule has 1 N–H and O–H groups in total. The van der Waals surface area contributed by atoms with Crippen LogP contribution in [0.25, 0.3) is 0 Å². The SMILES string of the molecule is O=C(NN(c1ccccc1)c1ccccc1[N+](=O)[O-])c1cccs1. The molecule has 1 heterocycles. The Kier molecular flexibility index (Phi) is 4.53.